The Hall–Kier alpha value is -3.69. The van der Waals surface area contributed by atoms with Gasteiger partial charge >= 0.3 is 0 Å². The summed E-state index contributed by atoms with van der Waals surface area (Å²) in [5, 5.41) is 12.9. The first-order valence-corrected chi connectivity index (χ1v) is 11.4. The van der Waals surface area contributed by atoms with Crippen LogP contribution in [-0.4, -0.2) is 55.3 Å². The number of rotatable bonds is 3. The first-order valence-electron chi connectivity index (χ1n) is 11.4. The van der Waals surface area contributed by atoms with E-state index in [0.717, 1.165) is 57.9 Å². The van der Waals surface area contributed by atoms with Gasteiger partial charge in [0, 0.05) is 72.8 Å². The predicted molar refractivity (Wildman–Crippen MR) is 124 cm³/mol. The Balaban J connectivity index is 1.26. The molecule has 6 heterocycles. The van der Waals surface area contributed by atoms with Gasteiger partial charge in [-0.05, 0) is 37.6 Å². The van der Waals surface area contributed by atoms with Crippen LogP contribution in [0.2, 0.25) is 0 Å². The van der Waals surface area contributed by atoms with Crippen LogP contribution < -0.4 is 9.80 Å². The lowest BCUT2D eigenvalue weighted by Crippen LogP contribution is -2.32. The quantitative estimate of drug-likeness (QED) is 0.460. The van der Waals surface area contributed by atoms with Gasteiger partial charge in [0.05, 0.1) is 6.54 Å². The predicted octanol–water partition coefficient (Wildman–Crippen LogP) is 3.61. The number of nitrogens with zero attached hydrogens (tertiary/aromatic N) is 8. The summed E-state index contributed by atoms with van der Waals surface area (Å²) in [4.78, 5) is 13.1. The van der Waals surface area contributed by atoms with E-state index in [1.165, 1.54) is 0 Å². The van der Waals surface area contributed by atoms with E-state index in [2.05, 4.69) is 33.1 Å². The van der Waals surface area contributed by atoms with Crippen LogP contribution in [0.5, 0.6) is 0 Å². The van der Waals surface area contributed by atoms with Crippen molar-refractivity contribution in [3.63, 3.8) is 0 Å². The van der Waals surface area contributed by atoms with E-state index in [4.69, 9.17) is 10.1 Å². The average molecular weight is 463 g/mol. The summed E-state index contributed by atoms with van der Waals surface area (Å²) in [6.07, 6.45) is 5.94. The first kappa shape index (κ1) is 20.9. The van der Waals surface area contributed by atoms with E-state index < -0.39 is 5.92 Å². The van der Waals surface area contributed by atoms with E-state index in [1.54, 1.807) is 21.9 Å². The van der Waals surface area contributed by atoms with Crippen LogP contribution >= 0.6 is 0 Å². The molecule has 0 N–H and O–H groups in total. The van der Waals surface area contributed by atoms with Crippen molar-refractivity contribution >= 4 is 17.3 Å². The third kappa shape index (κ3) is 3.53. The van der Waals surface area contributed by atoms with Gasteiger partial charge in [-0.15, -0.1) is 15.3 Å². The summed E-state index contributed by atoms with van der Waals surface area (Å²) in [5.74, 6) is -1.13. The molecule has 0 unspecified atom stereocenters. The Kier molecular flexibility index (Phi) is 4.72. The average Bonchev–Trinajstić information content (AvgIpc) is 3.47. The standard InChI is InChI=1S/C24H24F2N8/c1-15-16(2)23(31-34-14-29-30-22(15)34)32-7-5-20-19(12-32)9-18(11-27-20)17-3-4-21(28-10-17)33-8-6-24(25,26)13-33/h3-4,9-11,14H,5-8,12-13H2,1-2H3. The molecule has 0 atom stereocenters. The monoisotopic (exact) mass is 462 g/mol. The van der Waals surface area contributed by atoms with E-state index in [0.29, 0.717) is 18.9 Å². The van der Waals surface area contributed by atoms with Crippen LogP contribution in [0.4, 0.5) is 20.4 Å². The topological polar surface area (TPSA) is 75.3 Å². The van der Waals surface area contributed by atoms with Gasteiger partial charge in [0.1, 0.15) is 12.1 Å². The molecule has 174 valence electrons. The van der Waals surface area contributed by atoms with Crippen LogP contribution in [0.25, 0.3) is 16.8 Å². The maximum atomic E-state index is 13.6. The van der Waals surface area contributed by atoms with Crippen molar-refractivity contribution in [2.24, 2.45) is 0 Å². The van der Waals surface area contributed by atoms with Crippen molar-refractivity contribution in [3.05, 3.63) is 59.3 Å². The number of anilines is 2. The minimum atomic E-state index is -2.64. The molecule has 0 aliphatic carbocycles. The second kappa shape index (κ2) is 7.68. The second-order valence-electron chi connectivity index (χ2n) is 9.11. The number of fused-ring (bicyclic) bond motifs is 2. The fourth-order valence-electron chi connectivity index (χ4n) is 4.80. The molecule has 0 radical (unpaired) electrons. The van der Waals surface area contributed by atoms with E-state index in [1.807, 2.05) is 25.3 Å². The Labute approximate surface area is 195 Å². The zero-order valence-corrected chi connectivity index (χ0v) is 19.0. The summed E-state index contributed by atoms with van der Waals surface area (Å²) in [6, 6.07) is 5.89. The number of pyridine rings is 2. The van der Waals surface area contributed by atoms with Gasteiger partial charge in [-0.1, -0.05) is 0 Å². The molecule has 0 bridgehead atoms. The molecule has 4 aromatic heterocycles. The summed E-state index contributed by atoms with van der Waals surface area (Å²) in [6.45, 7) is 5.69. The van der Waals surface area contributed by atoms with Gasteiger partial charge in [-0.25, -0.2) is 13.8 Å². The van der Waals surface area contributed by atoms with Gasteiger partial charge in [0.25, 0.3) is 5.92 Å². The Morgan fingerprint density at radius 2 is 1.82 bits per heavy atom. The molecule has 4 aromatic rings. The molecule has 1 fully saturated rings. The Bertz CT molecular complexity index is 1380. The van der Waals surface area contributed by atoms with Crippen LogP contribution in [0.15, 0.2) is 36.9 Å². The fourth-order valence-corrected chi connectivity index (χ4v) is 4.80. The zero-order valence-electron chi connectivity index (χ0n) is 19.0. The van der Waals surface area contributed by atoms with Gasteiger partial charge in [0.2, 0.25) is 0 Å². The molecule has 0 amide bonds. The SMILES string of the molecule is Cc1c(N2CCc3ncc(-c4ccc(N5CCC(F)(F)C5)nc4)cc3C2)nn2cnnc2c1C. The molecular weight excluding hydrogens is 438 g/mol. The summed E-state index contributed by atoms with van der Waals surface area (Å²) in [7, 11) is 0. The number of hydrogen-bond donors (Lipinski definition) is 0. The van der Waals surface area contributed by atoms with E-state index >= 15 is 0 Å². The molecular formula is C24H24F2N8. The van der Waals surface area contributed by atoms with Crippen molar-refractivity contribution in [2.45, 2.75) is 39.2 Å². The first-order chi connectivity index (χ1) is 16.4. The highest BCUT2D eigenvalue weighted by Gasteiger charge is 2.38. The van der Waals surface area contributed by atoms with Gasteiger partial charge in [-0.2, -0.15) is 4.52 Å². The summed E-state index contributed by atoms with van der Waals surface area (Å²) in [5.41, 5.74) is 7.05. The molecule has 8 nitrogen and oxygen atoms in total. The van der Waals surface area contributed by atoms with E-state index in [9.17, 15) is 8.78 Å². The number of hydrogen-bond acceptors (Lipinski definition) is 7. The third-order valence-electron chi connectivity index (χ3n) is 6.88. The summed E-state index contributed by atoms with van der Waals surface area (Å²) < 4.78 is 28.8. The van der Waals surface area contributed by atoms with Crippen LogP contribution in [0, 0.1) is 13.8 Å². The van der Waals surface area contributed by atoms with Crippen molar-refractivity contribution < 1.29 is 8.78 Å². The molecule has 1 saturated heterocycles. The number of aromatic nitrogens is 6. The van der Waals surface area contributed by atoms with Gasteiger partial charge in [0.15, 0.2) is 11.5 Å². The fraction of sp³-hybridized carbons (Fsp3) is 0.375. The molecule has 34 heavy (non-hydrogen) atoms. The maximum Gasteiger partial charge on any atom is 0.266 e. The lowest BCUT2D eigenvalue weighted by molar-refractivity contribution is 0.0256. The molecule has 0 saturated carbocycles. The minimum Gasteiger partial charge on any atom is -0.350 e. The lowest BCUT2D eigenvalue weighted by atomic mass is 10.0. The lowest BCUT2D eigenvalue weighted by Gasteiger charge is -2.30. The molecule has 2 aliphatic heterocycles. The smallest absolute Gasteiger partial charge is 0.266 e. The van der Waals surface area contributed by atoms with Crippen molar-refractivity contribution in [3.8, 4) is 11.1 Å². The van der Waals surface area contributed by atoms with Crippen LogP contribution in [0.1, 0.15) is 28.8 Å². The minimum absolute atomic E-state index is 0.125. The molecule has 6 rings (SSSR count). The van der Waals surface area contributed by atoms with Crippen LogP contribution in [0.3, 0.4) is 0 Å². The number of halogens is 2. The normalized spacial score (nSPS) is 17.4. The van der Waals surface area contributed by atoms with E-state index in [-0.39, 0.29) is 13.0 Å². The van der Waals surface area contributed by atoms with Crippen LogP contribution in [-0.2, 0) is 13.0 Å². The highest BCUT2D eigenvalue weighted by Crippen LogP contribution is 2.32. The molecule has 2 aliphatic rings. The summed E-state index contributed by atoms with van der Waals surface area (Å²) >= 11 is 0. The van der Waals surface area contributed by atoms with Crippen molar-refractivity contribution in [2.75, 3.05) is 29.4 Å². The largest absolute Gasteiger partial charge is 0.350 e. The van der Waals surface area contributed by atoms with Gasteiger partial charge < -0.3 is 9.80 Å². The highest BCUT2D eigenvalue weighted by molar-refractivity contribution is 5.65. The molecule has 10 heteroatoms. The third-order valence-corrected chi connectivity index (χ3v) is 6.88. The number of alkyl halides is 2. The Morgan fingerprint density at radius 1 is 0.971 bits per heavy atom. The maximum absolute atomic E-state index is 13.6. The van der Waals surface area contributed by atoms with Crippen molar-refractivity contribution in [1.82, 2.24) is 29.8 Å². The zero-order chi connectivity index (χ0) is 23.4. The molecule has 0 aromatic carbocycles. The Morgan fingerprint density at radius 3 is 2.59 bits per heavy atom. The molecule has 0 spiro atoms. The highest BCUT2D eigenvalue weighted by atomic mass is 19.3. The van der Waals surface area contributed by atoms with Gasteiger partial charge in [-0.3, -0.25) is 4.98 Å². The van der Waals surface area contributed by atoms with Crippen molar-refractivity contribution in [1.29, 1.82) is 0 Å². The number of aryl methyl sites for hydroxylation is 1. The second-order valence-corrected chi connectivity index (χ2v) is 9.11.